The summed E-state index contributed by atoms with van der Waals surface area (Å²) in [5, 5.41) is 11.6. The average Bonchev–Trinajstić information content (AvgIpc) is 2.71. The zero-order valence-electron chi connectivity index (χ0n) is 7.41. The number of carboxylic acid groups (broad SMARTS) is 1. The van der Waals surface area contributed by atoms with Gasteiger partial charge >= 0.3 is 5.97 Å². The molecule has 2 rings (SSSR count). The first-order valence-corrected chi connectivity index (χ1v) is 4.46. The summed E-state index contributed by atoms with van der Waals surface area (Å²) in [6.07, 6.45) is 1.12. The van der Waals surface area contributed by atoms with Gasteiger partial charge in [-0.3, -0.25) is 4.79 Å². The van der Waals surface area contributed by atoms with E-state index in [0.29, 0.717) is 5.02 Å². The lowest BCUT2D eigenvalue weighted by Gasteiger charge is -1.98. The van der Waals surface area contributed by atoms with Crippen LogP contribution in [0.5, 0.6) is 0 Å². The van der Waals surface area contributed by atoms with E-state index in [1.807, 2.05) is 0 Å². The molecule has 0 aromatic carbocycles. The van der Waals surface area contributed by atoms with Crippen molar-refractivity contribution in [3.05, 3.63) is 28.7 Å². The number of hydrogen-bond acceptors (Lipinski definition) is 3. The molecule has 2 N–H and O–H groups in total. The van der Waals surface area contributed by atoms with Gasteiger partial charge in [0.15, 0.2) is 5.76 Å². The van der Waals surface area contributed by atoms with Gasteiger partial charge in [-0.1, -0.05) is 11.6 Å². The fourth-order valence-corrected chi connectivity index (χ4v) is 1.49. The van der Waals surface area contributed by atoms with E-state index >= 15 is 0 Å². The number of halogens is 1. The molecular formula is C9H6ClNO4. The molecule has 1 aromatic rings. The Morgan fingerprint density at radius 2 is 2.33 bits per heavy atom. The van der Waals surface area contributed by atoms with Crippen LogP contribution in [0.25, 0.3) is 5.70 Å². The summed E-state index contributed by atoms with van der Waals surface area (Å²) in [4.78, 5) is 21.9. The Kier molecular flexibility index (Phi) is 2.24. The van der Waals surface area contributed by atoms with Crippen molar-refractivity contribution in [3.63, 3.8) is 0 Å². The predicted octanol–water partition coefficient (Wildman–Crippen LogP) is 1.25. The van der Waals surface area contributed by atoms with Crippen molar-refractivity contribution in [2.45, 2.75) is 6.42 Å². The Hall–Kier alpha value is -1.75. The lowest BCUT2D eigenvalue weighted by Crippen LogP contribution is -2.13. The molecule has 5 nitrogen and oxygen atoms in total. The van der Waals surface area contributed by atoms with Crippen LogP contribution < -0.4 is 5.32 Å². The molecule has 0 aliphatic carbocycles. The van der Waals surface area contributed by atoms with E-state index in [0.717, 1.165) is 0 Å². The number of rotatable bonds is 2. The Morgan fingerprint density at radius 1 is 1.60 bits per heavy atom. The highest BCUT2D eigenvalue weighted by Crippen LogP contribution is 2.27. The van der Waals surface area contributed by atoms with Gasteiger partial charge in [-0.25, -0.2) is 4.79 Å². The van der Waals surface area contributed by atoms with E-state index in [2.05, 4.69) is 5.32 Å². The summed E-state index contributed by atoms with van der Waals surface area (Å²) in [7, 11) is 0. The van der Waals surface area contributed by atoms with Gasteiger partial charge < -0.3 is 14.8 Å². The van der Waals surface area contributed by atoms with Gasteiger partial charge in [-0.15, -0.1) is 0 Å². The van der Waals surface area contributed by atoms with Gasteiger partial charge in [-0.2, -0.15) is 0 Å². The van der Waals surface area contributed by atoms with Crippen molar-refractivity contribution in [3.8, 4) is 0 Å². The summed E-state index contributed by atoms with van der Waals surface area (Å²) in [5.74, 6) is -1.26. The molecule has 0 atom stereocenters. The summed E-state index contributed by atoms with van der Waals surface area (Å²) in [5.41, 5.74) is 0.172. The molecule has 0 saturated heterocycles. The molecule has 0 radical (unpaired) electrons. The first kappa shape index (κ1) is 9.79. The SMILES string of the molecule is O=C1CC(C(=O)O)=C(c2cc(Cl)co2)N1. The van der Waals surface area contributed by atoms with Gasteiger partial charge in [0.2, 0.25) is 5.91 Å². The molecule has 0 bridgehead atoms. The monoisotopic (exact) mass is 227 g/mol. The molecule has 1 aromatic heterocycles. The third kappa shape index (κ3) is 1.73. The van der Waals surface area contributed by atoms with Crippen LogP contribution in [-0.2, 0) is 9.59 Å². The van der Waals surface area contributed by atoms with Gasteiger partial charge in [0.25, 0.3) is 0 Å². The first-order chi connectivity index (χ1) is 7.08. The fraction of sp³-hybridized carbons (Fsp3) is 0.111. The number of carbonyl (C=O) groups is 2. The minimum Gasteiger partial charge on any atom is -0.478 e. The predicted molar refractivity (Wildman–Crippen MR) is 51.0 cm³/mol. The molecule has 0 fully saturated rings. The van der Waals surface area contributed by atoms with Crippen LogP contribution in [0.1, 0.15) is 12.2 Å². The van der Waals surface area contributed by atoms with Crippen LogP contribution in [0, 0.1) is 0 Å². The molecule has 2 heterocycles. The highest BCUT2D eigenvalue weighted by atomic mass is 35.5. The zero-order chi connectivity index (χ0) is 11.0. The van der Waals surface area contributed by atoms with E-state index in [-0.39, 0.29) is 29.4 Å². The van der Waals surface area contributed by atoms with Gasteiger partial charge in [0, 0.05) is 6.07 Å². The maximum Gasteiger partial charge on any atom is 0.334 e. The standard InChI is InChI=1S/C9H6ClNO4/c10-4-1-6(15-3-4)8-5(9(13)14)2-7(12)11-8/h1,3H,2H2,(H,11,12)(H,13,14). The van der Waals surface area contributed by atoms with Crippen molar-refractivity contribution in [2.75, 3.05) is 0 Å². The van der Waals surface area contributed by atoms with Gasteiger partial charge in [0.05, 0.1) is 22.7 Å². The second kappa shape index (κ2) is 3.43. The second-order valence-electron chi connectivity index (χ2n) is 3.01. The van der Waals surface area contributed by atoms with E-state index < -0.39 is 5.97 Å². The first-order valence-electron chi connectivity index (χ1n) is 4.08. The minimum atomic E-state index is -1.14. The highest BCUT2D eigenvalue weighted by Gasteiger charge is 2.28. The van der Waals surface area contributed by atoms with Crippen molar-refractivity contribution >= 4 is 29.2 Å². The van der Waals surface area contributed by atoms with Crippen molar-refractivity contribution in [2.24, 2.45) is 0 Å². The van der Waals surface area contributed by atoms with Crippen LogP contribution in [0.3, 0.4) is 0 Å². The summed E-state index contributed by atoms with van der Waals surface area (Å²) >= 11 is 5.63. The molecule has 1 aliphatic rings. The van der Waals surface area contributed by atoms with E-state index in [9.17, 15) is 9.59 Å². The quantitative estimate of drug-likeness (QED) is 0.797. The number of carboxylic acids is 1. The Morgan fingerprint density at radius 3 is 2.87 bits per heavy atom. The number of nitrogens with one attached hydrogen (secondary N) is 1. The van der Waals surface area contributed by atoms with Gasteiger partial charge in [-0.05, 0) is 0 Å². The van der Waals surface area contributed by atoms with Crippen LogP contribution in [-0.4, -0.2) is 17.0 Å². The third-order valence-corrected chi connectivity index (χ3v) is 2.17. The van der Waals surface area contributed by atoms with Crippen LogP contribution >= 0.6 is 11.6 Å². The van der Waals surface area contributed by atoms with Crippen LogP contribution in [0.2, 0.25) is 5.02 Å². The Labute approximate surface area is 89.3 Å². The smallest absolute Gasteiger partial charge is 0.334 e. The summed E-state index contributed by atoms with van der Waals surface area (Å²) in [6, 6.07) is 1.45. The van der Waals surface area contributed by atoms with Gasteiger partial charge in [0.1, 0.15) is 6.26 Å². The maximum atomic E-state index is 11.1. The zero-order valence-corrected chi connectivity index (χ0v) is 8.17. The number of carbonyl (C=O) groups excluding carboxylic acids is 1. The molecule has 78 valence electrons. The lowest BCUT2D eigenvalue weighted by molar-refractivity contribution is -0.133. The second-order valence-corrected chi connectivity index (χ2v) is 3.45. The van der Waals surface area contributed by atoms with Crippen LogP contribution in [0.4, 0.5) is 0 Å². The number of aliphatic carboxylic acids is 1. The molecule has 0 spiro atoms. The number of amides is 1. The molecule has 1 aliphatic heterocycles. The van der Waals surface area contributed by atoms with E-state index in [1.54, 1.807) is 0 Å². The number of furan rings is 1. The Balaban J connectivity index is 2.45. The molecule has 15 heavy (non-hydrogen) atoms. The molecule has 0 unspecified atom stereocenters. The van der Waals surface area contributed by atoms with Crippen molar-refractivity contribution in [1.29, 1.82) is 0 Å². The largest absolute Gasteiger partial charge is 0.478 e. The van der Waals surface area contributed by atoms with Crippen LogP contribution in [0.15, 0.2) is 22.3 Å². The fourth-order valence-electron chi connectivity index (χ4n) is 1.35. The molecule has 1 amide bonds. The van der Waals surface area contributed by atoms with Crippen molar-refractivity contribution < 1.29 is 19.1 Å². The highest BCUT2D eigenvalue weighted by molar-refractivity contribution is 6.30. The van der Waals surface area contributed by atoms with Crippen molar-refractivity contribution in [1.82, 2.24) is 5.32 Å². The number of hydrogen-bond donors (Lipinski definition) is 2. The summed E-state index contributed by atoms with van der Waals surface area (Å²) in [6.45, 7) is 0. The molecule has 0 saturated carbocycles. The molecular weight excluding hydrogens is 222 g/mol. The minimum absolute atomic E-state index is 0.00832. The molecule has 6 heteroatoms. The average molecular weight is 228 g/mol. The van der Waals surface area contributed by atoms with E-state index in [1.165, 1.54) is 12.3 Å². The topological polar surface area (TPSA) is 79.5 Å². The lowest BCUT2D eigenvalue weighted by atomic mass is 10.1. The maximum absolute atomic E-state index is 11.1. The normalized spacial score (nSPS) is 15.7. The van der Waals surface area contributed by atoms with E-state index in [4.69, 9.17) is 21.1 Å². The third-order valence-electron chi connectivity index (χ3n) is 1.98. The summed E-state index contributed by atoms with van der Waals surface area (Å²) < 4.78 is 5.01. The Bertz CT molecular complexity index is 474.